The Kier molecular flexibility index (Phi) is 8.03. The number of carboxylic acid groups (broad SMARTS) is 1. The third-order valence-corrected chi connectivity index (χ3v) is 5.51. The van der Waals surface area contributed by atoms with Gasteiger partial charge >= 0.3 is 12.1 Å². The number of nitrogens with one attached hydrogen (secondary N) is 1. The summed E-state index contributed by atoms with van der Waals surface area (Å²) in [4.78, 5) is 11.0. The Bertz CT molecular complexity index is 1250. The monoisotopic (exact) mass is 491 g/mol. The smallest absolute Gasteiger partial charge is 0.416 e. The minimum atomic E-state index is -4.64. The molecule has 0 aliphatic heterocycles. The highest BCUT2D eigenvalue weighted by Crippen LogP contribution is 2.34. The molecule has 1 atom stereocenters. The van der Waals surface area contributed by atoms with Crippen molar-refractivity contribution in [3.63, 3.8) is 0 Å². The van der Waals surface area contributed by atoms with Gasteiger partial charge in [0.1, 0.15) is 6.04 Å². The molecule has 0 saturated heterocycles. The summed E-state index contributed by atoms with van der Waals surface area (Å²) in [6.07, 6.45) is -1.92. The molecule has 0 aliphatic rings. The highest BCUT2D eigenvalue weighted by atomic mass is 19.4. The lowest BCUT2D eigenvalue weighted by Gasteiger charge is -2.15. The van der Waals surface area contributed by atoms with E-state index in [0.717, 1.165) is 12.1 Å². The topological polar surface area (TPSA) is 69.6 Å². The fourth-order valence-electron chi connectivity index (χ4n) is 3.61. The average Bonchev–Trinajstić information content (AvgIpc) is 2.80. The van der Waals surface area contributed by atoms with Gasteiger partial charge in [-0.2, -0.15) is 13.2 Å². The molecule has 184 valence electrons. The first-order valence-corrected chi connectivity index (χ1v) is 10.5. The molecule has 0 bridgehead atoms. The quantitative estimate of drug-likeness (QED) is 0.281. The van der Waals surface area contributed by atoms with Crippen LogP contribution in [-0.2, 0) is 17.5 Å². The largest absolute Gasteiger partial charge is 0.480 e. The standard InChI is InChI=1S/C26H22F5NO3/c1-15-17(4-2-5-19(15)20-6-3-7-22(27)24(20)28)9-10-18-12-16(8-11-21(18)26(29,30)31)13-32-23(14-33)25(34)35/h2-12,23,32-33H,13-14H2,1H3,(H,34,35). The van der Waals surface area contributed by atoms with Crippen LogP contribution in [0.2, 0.25) is 0 Å². The molecule has 3 aromatic rings. The molecule has 0 amide bonds. The minimum absolute atomic E-state index is 0.0404. The molecule has 0 heterocycles. The van der Waals surface area contributed by atoms with E-state index in [1.807, 2.05) is 0 Å². The third kappa shape index (κ3) is 6.12. The van der Waals surface area contributed by atoms with Gasteiger partial charge in [-0.25, -0.2) is 8.78 Å². The molecule has 1 unspecified atom stereocenters. The molecular formula is C26H22F5NO3. The molecule has 0 aliphatic carbocycles. The molecule has 3 aromatic carbocycles. The number of carboxylic acids is 1. The van der Waals surface area contributed by atoms with Crippen LogP contribution in [-0.4, -0.2) is 28.8 Å². The number of benzene rings is 3. The van der Waals surface area contributed by atoms with Crippen molar-refractivity contribution in [2.45, 2.75) is 25.7 Å². The fourth-order valence-corrected chi connectivity index (χ4v) is 3.61. The predicted molar refractivity (Wildman–Crippen MR) is 122 cm³/mol. The number of aliphatic hydroxyl groups is 1. The normalized spacial score (nSPS) is 12.8. The fraction of sp³-hybridized carbons (Fsp3) is 0.192. The first-order valence-electron chi connectivity index (χ1n) is 10.5. The van der Waals surface area contributed by atoms with Crippen LogP contribution in [0.3, 0.4) is 0 Å². The van der Waals surface area contributed by atoms with E-state index < -0.39 is 42.0 Å². The number of rotatable bonds is 8. The molecular weight excluding hydrogens is 469 g/mol. The van der Waals surface area contributed by atoms with Gasteiger partial charge < -0.3 is 10.2 Å². The second kappa shape index (κ2) is 10.8. The van der Waals surface area contributed by atoms with Crippen molar-refractivity contribution in [2.75, 3.05) is 6.61 Å². The number of alkyl halides is 3. The van der Waals surface area contributed by atoms with E-state index >= 15 is 0 Å². The van der Waals surface area contributed by atoms with Crippen molar-refractivity contribution in [3.8, 4) is 11.1 Å². The molecule has 4 nitrogen and oxygen atoms in total. The van der Waals surface area contributed by atoms with Gasteiger partial charge in [-0.1, -0.05) is 48.6 Å². The first-order chi connectivity index (χ1) is 16.5. The highest BCUT2D eigenvalue weighted by molar-refractivity contribution is 5.78. The summed E-state index contributed by atoms with van der Waals surface area (Å²) in [5, 5.41) is 20.7. The molecule has 0 radical (unpaired) electrons. The molecule has 0 fully saturated rings. The van der Waals surface area contributed by atoms with Gasteiger partial charge in [0.25, 0.3) is 0 Å². The molecule has 0 spiro atoms. The van der Waals surface area contributed by atoms with Crippen LogP contribution in [0, 0.1) is 18.6 Å². The van der Waals surface area contributed by atoms with E-state index in [9.17, 15) is 26.7 Å². The highest BCUT2D eigenvalue weighted by Gasteiger charge is 2.32. The molecule has 0 aromatic heterocycles. The maximum atomic E-state index is 14.3. The van der Waals surface area contributed by atoms with Crippen LogP contribution >= 0.6 is 0 Å². The van der Waals surface area contributed by atoms with Crippen molar-refractivity contribution >= 4 is 18.1 Å². The Morgan fingerprint density at radius 3 is 2.31 bits per heavy atom. The van der Waals surface area contributed by atoms with Gasteiger partial charge in [-0.15, -0.1) is 0 Å². The number of carbonyl (C=O) groups is 1. The summed E-state index contributed by atoms with van der Waals surface area (Å²) in [6.45, 7) is 0.902. The van der Waals surface area contributed by atoms with Crippen LogP contribution in [0.15, 0.2) is 54.6 Å². The van der Waals surface area contributed by atoms with Crippen molar-refractivity contribution < 1.29 is 37.0 Å². The third-order valence-electron chi connectivity index (χ3n) is 5.51. The molecule has 9 heteroatoms. The van der Waals surface area contributed by atoms with E-state index in [-0.39, 0.29) is 17.7 Å². The van der Waals surface area contributed by atoms with Gasteiger partial charge in [0.15, 0.2) is 11.6 Å². The van der Waals surface area contributed by atoms with Crippen LogP contribution < -0.4 is 5.32 Å². The van der Waals surface area contributed by atoms with Gasteiger partial charge in [-0.3, -0.25) is 10.1 Å². The van der Waals surface area contributed by atoms with Crippen molar-refractivity contribution in [1.82, 2.24) is 5.32 Å². The molecule has 3 N–H and O–H groups in total. The summed E-state index contributed by atoms with van der Waals surface area (Å²) in [5.74, 6) is -3.31. The zero-order chi connectivity index (χ0) is 25.8. The van der Waals surface area contributed by atoms with E-state index in [2.05, 4.69) is 5.32 Å². The second-order valence-electron chi connectivity index (χ2n) is 7.83. The number of aliphatic carboxylic acids is 1. The summed E-state index contributed by atoms with van der Waals surface area (Å²) < 4.78 is 68.8. The lowest BCUT2D eigenvalue weighted by atomic mass is 9.95. The lowest BCUT2D eigenvalue weighted by molar-refractivity contribution is -0.140. The molecule has 35 heavy (non-hydrogen) atoms. The molecule has 3 rings (SSSR count). The molecule has 0 saturated carbocycles. The van der Waals surface area contributed by atoms with E-state index in [4.69, 9.17) is 10.2 Å². The number of aliphatic hydroxyl groups excluding tert-OH is 1. The lowest BCUT2D eigenvalue weighted by Crippen LogP contribution is -2.39. The summed E-state index contributed by atoms with van der Waals surface area (Å²) in [6, 6.07) is 10.8. The van der Waals surface area contributed by atoms with Crippen LogP contribution in [0.5, 0.6) is 0 Å². The summed E-state index contributed by atoms with van der Waals surface area (Å²) in [7, 11) is 0. The predicted octanol–water partition coefficient (Wildman–Crippen LogP) is 5.66. The number of hydrogen-bond donors (Lipinski definition) is 3. The Morgan fingerprint density at radius 2 is 1.66 bits per heavy atom. The van der Waals surface area contributed by atoms with E-state index in [1.54, 1.807) is 25.1 Å². The zero-order valence-corrected chi connectivity index (χ0v) is 18.5. The van der Waals surface area contributed by atoms with Gasteiger partial charge in [0.05, 0.1) is 12.2 Å². The maximum absolute atomic E-state index is 14.3. The minimum Gasteiger partial charge on any atom is -0.480 e. The zero-order valence-electron chi connectivity index (χ0n) is 18.5. The van der Waals surface area contributed by atoms with Crippen LogP contribution in [0.1, 0.15) is 27.8 Å². The second-order valence-corrected chi connectivity index (χ2v) is 7.83. The Balaban J connectivity index is 1.98. The van der Waals surface area contributed by atoms with Crippen molar-refractivity contribution in [2.24, 2.45) is 0 Å². The van der Waals surface area contributed by atoms with Gasteiger partial charge in [0, 0.05) is 12.1 Å². The number of hydrogen-bond acceptors (Lipinski definition) is 3. The maximum Gasteiger partial charge on any atom is 0.416 e. The van der Waals surface area contributed by atoms with E-state index in [1.165, 1.54) is 36.4 Å². The summed E-state index contributed by atoms with van der Waals surface area (Å²) in [5.41, 5.74) is 0.833. The van der Waals surface area contributed by atoms with E-state index in [0.29, 0.717) is 22.3 Å². The van der Waals surface area contributed by atoms with Crippen LogP contribution in [0.25, 0.3) is 23.3 Å². The number of halogens is 5. The van der Waals surface area contributed by atoms with Crippen molar-refractivity contribution in [1.29, 1.82) is 0 Å². The van der Waals surface area contributed by atoms with Gasteiger partial charge in [0.2, 0.25) is 0 Å². The van der Waals surface area contributed by atoms with Gasteiger partial charge in [-0.05, 0) is 52.9 Å². The Labute approximate surface area is 198 Å². The van der Waals surface area contributed by atoms with Crippen LogP contribution in [0.4, 0.5) is 22.0 Å². The first kappa shape index (κ1) is 26.1. The van der Waals surface area contributed by atoms with Crippen molar-refractivity contribution in [3.05, 3.63) is 94.0 Å². The SMILES string of the molecule is Cc1c(C=Cc2cc(CNC(CO)C(=O)O)ccc2C(F)(F)F)cccc1-c1cccc(F)c1F. The Hall–Kier alpha value is -3.56. The summed E-state index contributed by atoms with van der Waals surface area (Å²) >= 11 is 0. The Morgan fingerprint density at radius 1 is 1.00 bits per heavy atom. The average molecular weight is 491 g/mol.